The first kappa shape index (κ1) is 11.3. The normalized spacial score (nSPS) is 11.6. The van der Waals surface area contributed by atoms with Gasteiger partial charge in [0.05, 0.1) is 18.4 Å². The van der Waals surface area contributed by atoms with E-state index in [-0.39, 0.29) is 5.57 Å². The largest absolute Gasteiger partial charge is 0.481 e. The van der Waals surface area contributed by atoms with Crippen LogP contribution in [0.3, 0.4) is 0 Å². The zero-order chi connectivity index (χ0) is 11.6. The lowest BCUT2D eigenvalue weighted by Crippen LogP contribution is -1.97. The molecular weight excluding hydrogens is 196 g/mol. The maximum Gasteiger partial charge on any atom is 0.331 e. The summed E-state index contributed by atoms with van der Waals surface area (Å²) in [6.07, 6.45) is 1.56. The van der Waals surface area contributed by atoms with Gasteiger partial charge in [-0.1, -0.05) is 0 Å². The quantitative estimate of drug-likeness (QED) is 0.762. The molecule has 0 radical (unpaired) electrons. The Hall–Kier alpha value is -1.78. The third kappa shape index (κ3) is 2.18. The molecule has 0 aliphatic carbocycles. The molecule has 0 amide bonds. The number of aromatic nitrogens is 2. The number of aliphatic carboxylic acids is 1. The number of carboxylic acid groups (broad SMARTS) is 1. The molecule has 0 aliphatic rings. The Balaban J connectivity index is 3.25. The first-order valence-electron chi connectivity index (χ1n) is 4.46. The lowest BCUT2D eigenvalue weighted by molar-refractivity contribution is -0.132. The lowest BCUT2D eigenvalue weighted by Gasteiger charge is -2.01. The highest BCUT2D eigenvalue weighted by atomic mass is 16.5. The van der Waals surface area contributed by atoms with Gasteiger partial charge in [0, 0.05) is 12.6 Å². The van der Waals surface area contributed by atoms with Crippen molar-refractivity contribution >= 4 is 12.0 Å². The number of nitrogens with zero attached hydrogens (tertiary/aromatic N) is 2. The number of hydrogen-bond acceptors (Lipinski definition) is 3. The lowest BCUT2D eigenvalue weighted by atomic mass is 10.1. The van der Waals surface area contributed by atoms with Gasteiger partial charge in [0.1, 0.15) is 0 Å². The van der Waals surface area contributed by atoms with Crippen LogP contribution in [0.5, 0.6) is 5.88 Å². The first-order chi connectivity index (χ1) is 6.97. The monoisotopic (exact) mass is 210 g/mol. The number of rotatable bonds is 3. The summed E-state index contributed by atoms with van der Waals surface area (Å²) in [6.45, 7) is 3.34. The SMILES string of the molecule is COc1c(/C=C(/C)C(=O)O)c(C)nn1C. The van der Waals surface area contributed by atoms with Crippen molar-refractivity contribution < 1.29 is 14.6 Å². The number of ether oxygens (including phenoxy) is 1. The molecule has 1 heterocycles. The summed E-state index contributed by atoms with van der Waals surface area (Å²) in [7, 11) is 3.28. The van der Waals surface area contributed by atoms with E-state index in [1.807, 2.05) is 6.92 Å². The fourth-order valence-corrected chi connectivity index (χ4v) is 1.34. The Morgan fingerprint density at radius 2 is 2.20 bits per heavy atom. The molecule has 15 heavy (non-hydrogen) atoms. The van der Waals surface area contributed by atoms with E-state index in [0.29, 0.717) is 11.4 Å². The summed E-state index contributed by atoms with van der Waals surface area (Å²) in [5.41, 5.74) is 1.71. The van der Waals surface area contributed by atoms with Gasteiger partial charge in [-0.2, -0.15) is 5.10 Å². The molecule has 0 unspecified atom stereocenters. The molecule has 1 aromatic rings. The van der Waals surface area contributed by atoms with Crippen molar-refractivity contribution in [2.45, 2.75) is 13.8 Å². The second kappa shape index (κ2) is 4.16. The van der Waals surface area contributed by atoms with Gasteiger partial charge in [0.15, 0.2) is 0 Å². The van der Waals surface area contributed by atoms with Crippen LogP contribution in [-0.4, -0.2) is 28.0 Å². The molecule has 0 aliphatic heterocycles. The summed E-state index contributed by atoms with van der Waals surface area (Å²) in [6, 6.07) is 0. The van der Waals surface area contributed by atoms with E-state index in [4.69, 9.17) is 9.84 Å². The van der Waals surface area contributed by atoms with Crippen LogP contribution >= 0.6 is 0 Å². The van der Waals surface area contributed by atoms with Gasteiger partial charge in [-0.05, 0) is 19.9 Å². The van der Waals surface area contributed by atoms with Crippen molar-refractivity contribution in [3.63, 3.8) is 0 Å². The number of carboxylic acids is 1. The van der Waals surface area contributed by atoms with Gasteiger partial charge >= 0.3 is 5.97 Å². The van der Waals surface area contributed by atoms with Crippen LogP contribution in [0.1, 0.15) is 18.2 Å². The van der Waals surface area contributed by atoms with Crippen LogP contribution in [0.2, 0.25) is 0 Å². The third-order valence-electron chi connectivity index (χ3n) is 2.11. The Kier molecular flexibility index (Phi) is 3.14. The minimum atomic E-state index is -0.944. The Morgan fingerprint density at radius 3 is 2.67 bits per heavy atom. The van der Waals surface area contributed by atoms with E-state index in [2.05, 4.69) is 5.10 Å². The van der Waals surface area contributed by atoms with Crippen LogP contribution in [-0.2, 0) is 11.8 Å². The van der Waals surface area contributed by atoms with Crippen molar-refractivity contribution in [1.82, 2.24) is 9.78 Å². The number of carbonyl (C=O) groups is 1. The van der Waals surface area contributed by atoms with E-state index in [1.165, 1.54) is 14.0 Å². The van der Waals surface area contributed by atoms with Crippen molar-refractivity contribution in [3.8, 4) is 5.88 Å². The fraction of sp³-hybridized carbons (Fsp3) is 0.400. The van der Waals surface area contributed by atoms with E-state index < -0.39 is 5.97 Å². The van der Waals surface area contributed by atoms with Gasteiger partial charge in [0.2, 0.25) is 5.88 Å². The van der Waals surface area contributed by atoms with Crippen LogP contribution in [0.4, 0.5) is 0 Å². The molecule has 0 spiro atoms. The van der Waals surface area contributed by atoms with Crippen LogP contribution < -0.4 is 4.74 Å². The van der Waals surface area contributed by atoms with Crippen LogP contribution in [0.15, 0.2) is 5.57 Å². The highest BCUT2D eigenvalue weighted by Gasteiger charge is 2.13. The molecular formula is C10H14N2O3. The van der Waals surface area contributed by atoms with Crippen molar-refractivity contribution in [1.29, 1.82) is 0 Å². The molecule has 0 aromatic carbocycles. The molecule has 1 N–H and O–H groups in total. The van der Waals surface area contributed by atoms with Crippen LogP contribution in [0, 0.1) is 6.92 Å². The second-order valence-electron chi connectivity index (χ2n) is 3.26. The first-order valence-corrected chi connectivity index (χ1v) is 4.46. The smallest absolute Gasteiger partial charge is 0.331 e. The molecule has 0 bridgehead atoms. The predicted molar refractivity (Wildman–Crippen MR) is 55.8 cm³/mol. The molecule has 0 saturated heterocycles. The van der Waals surface area contributed by atoms with E-state index >= 15 is 0 Å². The standard InChI is InChI=1S/C10H14N2O3/c1-6(10(13)14)5-8-7(2)11-12(3)9(8)15-4/h5H,1-4H3,(H,13,14)/b6-5-. The zero-order valence-corrected chi connectivity index (χ0v) is 9.24. The van der Waals surface area contributed by atoms with Crippen molar-refractivity contribution in [3.05, 3.63) is 16.8 Å². The zero-order valence-electron chi connectivity index (χ0n) is 9.24. The van der Waals surface area contributed by atoms with Gasteiger partial charge in [-0.25, -0.2) is 9.48 Å². The van der Waals surface area contributed by atoms with Crippen molar-refractivity contribution in [2.24, 2.45) is 7.05 Å². The number of aryl methyl sites for hydroxylation is 2. The second-order valence-corrected chi connectivity index (χ2v) is 3.26. The van der Waals surface area contributed by atoms with Crippen molar-refractivity contribution in [2.75, 3.05) is 7.11 Å². The molecule has 0 saturated carbocycles. The summed E-state index contributed by atoms with van der Waals surface area (Å²) >= 11 is 0. The minimum absolute atomic E-state index is 0.254. The Morgan fingerprint density at radius 1 is 1.60 bits per heavy atom. The maximum atomic E-state index is 10.7. The van der Waals surface area contributed by atoms with E-state index in [9.17, 15) is 4.79 Å². The van der Waals surface area contributed by atoms with Gasteiger partial charge in [0.25, 0.3) is 0 Å². The van der Waals surface area contributed by atoms with Gasteiger partial charge in [-0.3, -0.25) is 0 Å². The molecule has 0 fully saturated rings. The maximum absolute atomic E-state index is 10.7. The summed E-state index contributed by atoms with van der Waals surface area (Å²) in [5.74, 6) is -0.381. The minimum Gasteiger partial charge on any atom is -0.481 e. The average Bonchev–Trinajstić information content (AvgIpc) is 2.41. The van der Waals surface area contributed by atoms with Gasteiger partial charge < -0.3 is 9.84 Å². The summed E-state index contributed by atoms with van der Waals surface area (Å²) in [4.78, 5) is 10.7. The summed E-state index contributed by atoms with van der Waals surface area (Å²) in [5, 5.41) is 12.9. The summed E-state index contributed by atoms with van der Waals surface area (Å²) < 4.78 is 6.72. The molecule has 1 aromatic heterocycles. The third-order valence-corrected chi connectivity index (χ3v) is 2.11. The van der Waals surface area contributed by atoms with E-state index in [0.717, 1.165) is 5.69 Å². The number of hydrogen-bond donors (Lipinski definition) is 1. The average molecular weight is 210 g/mol. The molecule has 82 valence electrons. The molecule has 0 atom stereocenters. The Bertz CT molecular complexity index is 419. The highest BCUT2D eigenvalue weighted by molar-refractivity contribution is 5.92. The Labute approximate surface area is 88.0 Å². The van der Waals surface area contributed by atoms with Crippen LogP contribution in [0.25, 0.3) is 6.08 Å². The number of methoxy groups -OCH3 is 1. The fourth-order valence-electron chi connectivity index (χ4n) is 1.34. The topological polar surface area (TPSA) is 64.3 Å². The van der Waals surface area contributed by atoms with E-state index in [1.54, 1.807) is 17.8 Å². The predicted octanol–water partition coefficient (Wildman–Crippen LogP) is 1.23. The molecule has 1 rings (SSSR count). The molecule has 5 nitrogen and oxygen atoms in total. The molecule has 5 heteroatoms. The highest BCUT2D eigenvalue weighted by Crippen LogP contribution is 2.23. The van der Waals surface area contributed by atoms with Gasteiger partial charge in [-0.15, -0.1) is 0 Å².